The molecule has 0 amide bonds. The van der Waals surface area contributed by atoms with Crippen molar-refractivity contribution in [1.29, 1.82) is 0 Å². The first kappa shape index (κ1) is 13.6. The molecule has 1 aromatic carbocycles. The topological polar surface area (TPSA) is 12.9 Å². The Hall–Kier alpha value is -1.44. The van der Waals surface area contributed by atoms with Gasteiger partial charge in [-0.05, 0) is 37.1 Å². The van der Waals surface area contributed by atoms with Gasteiger partial charge in [-0.25, -0.2) is 0 Å². The number of halogens is 1. The maximum atomic E-state index is 4.28. The van der Waals surface area contributed by atoms with Gasteiger partial charge < -0.3 is 0 Å². The van der Waals surface area contributed by atoms with E-state index in [2.05, 4.69) is 37.0 Å². The summed E-state index contributed by atoms with van der Waals surface area (Å²) in [6.07, 6.45) is 1.83. The molecule has 0 bridgehead atoms. The molecular formula is C13H18FN. The van der Waals surface area contributed by atoms with Crippen LogP contribution in [-0.4, -0.2) is 4.98 Å². The van der Waals surface area contributed by atoms with Gasteiger partial charge in [0.15, 0.2) is 0 Å². The maximum Gasteiger partial charge on any atom is 0.0704 e. The van der Waals surface area contributed by atoms with Gasteiger partial charge in [0.2, 0.25) is 0 Å². The fourth-order valence-corrected chi connectivity index (χ4v) is 1.41. The maximum absolute atomic E-state index is 4.28. The number of fused-ring (bicyclic) bond motifs is 1. The highest BCUT2D eigenvalue weighted by atomic mass is 19.0. The first-order chi connectivity index (χ1) is 6.79. The summed E-state index contributed by atoms with van der Waals surface area (Å²) in [6.45, 7) is 8.26. The van der Waals surface area contributed by atoms with E-state index in [1.54, 1.807) is 0 Å². The van der Waals surface area contributed by atoms with Gasteiger partial charge in [-0.1, -0.05) is 26.0 Å². The van der Waals surface area contributed by atoms with E-state index in [1.807, 2.05) is 26.1 Å². The predicted octanol–water partition coefficient (Wildman–Crippen LogP) is 4.03. The summed E-state index contributed by atoms with van der Waals surface area (Å²) in [4.78, 5) is 4.28. The van der Waals surface area contributed by atoms with Gasteiger partial charge in [0.25, 0.3) is 0 Å². The summed E-state index contributed by atoms with van der Waals surface area (Å²) < 4.78 is 0. The van der Waals surface area contributed by atoms with Crippen molar-refractivity contribution in [2.45, 2.75) is 27.7 Å². The quantitative estimate of drug-likeness (QED) is 0.635. The van der Waals surface area contributed by atoms with Crippen LogP contribution in [0.25, 0.3) is 10.9 Å². The number of benzene rings is 1. The van der Waals surface area contributed by atoms with E-state index in [1.165, 1.54) is 16.5 Å². The molecule has 0 unspecified atom stereocenters. The molecule has 0 fully saturated rings. The Labute approximate surface area is 90.5 Å². The number of aromatic nitrogens is 1. The highest BCUT2D eigenvalue weighted by Gasteiger charge is 1.98. The second-order valence-electron chi connectivity index (χ2n) is 3.08. The van der Waals surface area contributed by atoms with E-state index in [9.17, 15) is 0 Å². The lowest BCUT2D eigenvalue weighted by atomic mass is 10.0. The molecular weight excluding hydrogens is 189 g/mol. The van der Waals surface area contributed by atoms with E-state index < -0.39 is 0 Å². The smallest absolute Gasteiger partial charge is 0.0704 e. The van der Waals surface area contributed by atoms with E-state index >= 15 is 0 Å². The third kappa shape index (κ3) is 2.75. The summed E-state index contributed by atoms with van der Waals surface area (Å²) in [7, 11) is 0. The molecule has 2 rings (SSSR count). The molecule has 0 radical (unpaired) electrons. The Morgan fingerprint density at radius 2 is 1.67 bits per heavy atom. The van der Waals surface area contributed by atoms with Crippen LogP contribution in [0.2, 0.25) is 0 Å². The third-order valence-electron chi connectivity index (χ3n) is 2.33. The second kappa shape index (κ2) is 6.12. The van der Waals surface area contributed by atoms with E-state index in [0.29, 0.717) is 0 Å². The highest BCUT2D eigenvalue weighted by molar-refractivity contribution is 5.82. The number of hydrogen-bond donors (Lipinski definition) is 0. The largest absolute Gasteiger partial charge is 0.269 e. The summed E-state index contributed by atoms with van der Waals surface area (Å²) in [5, 5.41) is 1.26. The first-order valence-electron chi connectivity index (χ1n) is 5.10. The second-order valence-corrected chi connectivity index (χ2v) is 3.08. The van der Waals surface area contributed by atoms with Crippen LogP contribution in [0.5, 0.6) is 0 Å². The zero-order valence-electron chi connectivity index (χ0n) is 9.74. The van der Waals surface area contributed by atoms with Crippen molar-refractivity contribution in [3.8, 4) is 0 Å². The fraction of sp³-hybridized carbons (Fsp3) is 0.308. The molecule has 0 aliphatic rings. The molecule has 0 spiro atoms. The van der Waals surface area contributed by atoms with Crippen LogP contribution in [0.15, 0.2) is 30.5 Å². The first-order valence-corrected chi connectivity index (χ1v) is 5.10. The van der Waals surface area contributed by atoms with Crippen LogP contribution < -0.4 is 0 Å². The number of hydrogen-bond acceptors (Lipinski definition) is 1. The number of aryl methyl sites for hydroxylation is 2. The van der Waals surface area contributed by atoms with Gasteiger partial charge in [-0.3, -0.25) is 9.69 Å². The molecule has 2 aromatic rings. The Morgan fingerprint density at radius 3 is 2.33 bits per heavy atom. The number of pyridine rings is 1. The van der Waals surface area contributed by atoms with Crippen LogP contribution in [0.3, 0.4) is 0 Å². The van der Waals surface area contributed by atoms with Gasteiger partial charge in [-0.2, -0.15) is 0 Å². The highest BCUT2D eigenvalue weighted by Crippen LogP contribution is 2.18. The Bertz CT molecular complexity index is 424. The Kier molecular flexibility index (Phi) is 5.53. The molecule has 0 saturated carbocycles. The van der Waals surface area contributed by atoms with Crippen molar-refractivity contribution in [2.24, 2.45) is 0 Å². The zero-order valence-corrected chi connectivity index (χ0v) is 9.74. The molecule has 82 valence electrons. The average Bonchev–Trinajstić information content (AvgIpc) is 2.27. The minimum absolute atomic E-state index is 0. The lowest BCUT2D eigenvalue weighted by Crippen LogP contribution is -1.84. The lowest BCUT2D eigenvalue weighted by Gasteiger charge is -2.03. The van der Waals surface area contributed by atoms with Crippen molar-refractivity contribution in [3.63, 3.8) is 0 Å². The van der Waals surface area contributed by atoms with Crippen molar-refractivity contribution in [1.82, 2.24) is 4.98 Å². The number of nitrogens with zero attached hydrogens (tertiary/aromatic N) is 1. The molecule has 0 N–H and O–H groups in total. The van der Waals surface area contributed by atoms with Crippen molar-refractivity contribution in [3.05, 3.63) is 41.6 Å². The van der Waals surface area contributed by atoms with Gasteiger partial charge in [0.05, 0.1) is 5.52 Å². The summed E-state index contributed by atoms with van der Waals surface area (Å²) in [5.41, 5.74) is 3.75. The van der Waals surface area contributed by atoms with Gasteiger partial charge in [0, 0.05) is 11.6 Å². The van der Waals surface area contributed by atoms with Crippen LogP contribution in [0.4, 0.5) is 4.70 Å². The van der Waals surface area contributed by atoms with Crippen LogP contribution in [0, 0.1) is 13.8 Å². The predicted molar refractivity (Wildman–Crippen MR) is 65.1 cm³/mol. The third-order valence-corrected chi connectivity index (χ3v) is 2.33. The van der Waals surface area contributed by atoms with E-state index in [0.717, 1.165) is 5.52 Å². The molecule has 1 aromatic heterocycles. The summed E-state index contributed by atoms with van der Waals surface area (Å²) in [6, 6.07) is 8.28. The molecule has 0 aliphatic carbocycles. The summed E-state index contributed by atoms with van der Waals surface area (Å²) >= 11 is 0. The lowest BCUT2D eigenvalue weighted by molar-refractivity contribution is 1.11. The standard InChI is InChI=1S/C11H11N.C2H6.FH/c1-8-5-6-11-10(9(8)2)4-3-7-12-11;1-2;/h3-7H,1-2H3;1-2H3;1H. The minimum atomic E-state index is 0. The van der Waals surface area contributed by atoms with Crippen molar-refractivity contribution >= 4 is 10.9 Å². The average molecular weight is 207 g/mol. The SMILES string of the molecule is CC.Cc1ccc2ncccc2c1C.F. The van der Waals surface area contributed by atoms with Gasteiger partial charge in [-0.15, -0.1) is 0 Å². The number of rotatable bonds is 0. The zero-order chi connectivity index (χ0) is 10.6. The minimum Gasteiger partial charge on any atom is -0.269 e. The molecule has 15 heavy (non-hydrogen) atoms. The molecule has 0 aliphatic heterocycles. The molecule has 1 heterocycles. The van der Waals surface area contributed by atoms with E-state index in [4.69, 9.17) is 0 Å². The Morgan fingerprint density at radius 1 is 1.00 bits per heavy atom. The Balaban J connectivity index is 0.000000617. The van der Waals surface area contributed by atoms with Crippen LogP contribution in [0.1, 0.15) is 25.0 Å². The molecule has 1 nitrogen and oxygen atoms in total. The monoisotopic (exact) mass is 207 g/mol. The van der Waals surface area contributed by atoms with Gasteiger partial charge in [0.1, 0.15) is 0 Å². The summed E-state index contributed by atoms with van der Waals surface area (Å²) in [5.74, 6) is 0. The van der Waals surface area contributed by atoms with Crippen LogP contribution in [-0.2, 0) is 0 Å². The molecule has 2 heteroatoms. The van der Waals surface area contributed by atoms with Gasteiger partial charge >= 0.3 is 0 Å². The molecule has 0 atom stereocenters. The fourth-order valence-electron chi connectivity index (χ4n) is 1.41. The van der Waals surface area contributed by atoms with Crippen molar-refractivity contribution in [2.75, 3.05) is 0 Å². The van der Waals surface area contributed by atoms with Crippen molar-refractivity contribution < 1.29 is 4.70 Å². The molecule has 0 saturated heterocycles. The normalized spacial score (nSPS) is 8.80. The van der Waals surface area contributed by atoms with E-state index in [-0.39, 0.29) is 4.70 Å². The van der Waals surface area contributed by atoms with Crippen LogP contribution >= 0.6 is 0 Å².